The van der Waals surface area contributed by atoms with Crippen molar-refractivity contribution in [2.24, 2.45) is 0 Å². The first kappa shape index (κ1) is 23.7. The summed E-state index contributed by atoms with van der Waals surface area (Å²) in [6.45, 7) is 3.20. The van der Waals surface area contributed by atoms with Gasteiger partial charge in [-0.1, -0.05) is 41.8 Å². The first-order valence-corrected chi connectivity index (χ1v) is 12.0. The monoisotopic (exact) mass is 658 g/mol. The molecule has 6 nitrogen and oxygen atoms in total. The van der Waals surface area contributed by atoms with Gasteiger partial charge in [0.2, 0.25) is 0 Å². The van der Waals surface area contributed by atoms with E-state index in [0.717, 1.165) is 27.6 Å². The molecule has 1 radical (unpaired) electrons. The van der Waals surface area contributed by atoms with Crippen LogP contribution in [0.25, 0.3) is 38.6 Å². The molecular weight excluding hydrogens is 633 g/mol. The van der Waals surface area contributed by atoms with Gasteiger partial charge in [-0.2, -0.15) is 0 Å². The van der Waals surface area contributed by atoms with Crippen LogP contribution in [0.2, 0.25) is 0 Å². The standard InChI is InChI=1S/C29H25N2O4.Ir/c1-2-8-25-23(6-1)24-7-3-4-11-26(24)31-27(12-30-29(25)31)28-21(19-13-32-17-33-14-19)9-5-10-22(28)20-15-34-18-35-16-20;/h1-7,9-12,19-20H,13-18H2;/q-1;. The minimum atomic E-state index is 0. The molecule has 5 aromatic rings. The van der Waals surface area contributed by atoms with E-state index in [1.807, 2.05) is 18.3 Å². The molecular formula is C29H25IrN2O4-. The predicted molar refractivity (Wildman–Crippen MR) is 133 cm³/mol. The van der Waals surface area contributed by atoms with Crippen molar-refractivity contribution in [2.75, 3.05) is 40.0 Å². The van der Waals surface area contributed by atoms with E-state index in [1.165, 1.54) is 22.1 Å². The van der Waals surface area contributed by atoms with Crippen molar-refractivity contribution in [3.05, 3.63) is 84.1 Å². The molecule has 2 saturated heterocycles. The largest absolute Gasteiger partial charge is 0.355 e. The van der Waals surface area contributed by atoms with Crippen LogP contribution in [0.4, 0.5) is 0 Å². The zero-order chi connectivity index (χ0) is 23.2. The molecule has 0 unspecified atom stereocenters. The number of hydrogen-bond donors (Lipinski definition) is 0. The van der Waals surface area contributed by atoms with Crippen LogP contribution < -0.4 is 0 Å². The normalized spacial score (nSPS) is 17.6. The summed E-state index contributed by atoms with van der Waals surface area (Å²) in [5.41, 5.74) is 6.65. The average molecular weight is 658 g/mol. The Morgan fingerprint density at radius 1 is 0.750 bits per heavy atom. The number of hydrogen-bond acceptors (Lipinski definition) is 5. The van der Waals surface area contributed by atoms with E-state index in [4.69, 9.17) is 23.9 Å². The van der Waals surface area contributed by atoms with Gasteiger partial charge in [0.05, 0.1) is 37.8 Å². The Balaban J connectivity index is 0.00000240. The van der Waals surface area contributed by atoms with E-state index in [0.29, 0.717) is 40.0 Å². The average Bonchev–Trinajstić information content (AvgIpc) is 3.39. The summed E-state index contributed by atoms with van der Waals surface area (Å²) in [5.74, 6) is 0.265. The first-order valence-electron chi connectivity index (χ1n) is 12.0. The van der Waals surface area contributed by atoms with Crippen molar-refractivity contribution >= 4 is 27.3 Å². The minimum Gasteiger partial charge on any atom is -0.355 e. The zero-order valence-corrected chi connectivity index (χ0v) is 22.0. The second kappa shape index (κ2) is 10.0. The number of imidazole rings is 1. The first-order chi connectivity index (χ1) is 17.4. The van der Waals surface area contributed by atoms with Gasteiger partial charge in [0.1, 0.15) is 13.6 Å². The zero-order valence-electron chi connectivity index (χ0n) is 19.6. The molecule has 4 heterocycles. The van der Waals surface area contributed by atoms with E-state index in [2.05, 4.69) is 59.0 Å². The van der Waals surface area contributed by atoms with E-state index >= 15 is 0 Å². The van der Waals surface area contributed by atoms with Crippen molar-refractivity contribution < 1.29 is 39.1 Å². The maximum Gasteiger partial charge on any atom is 0.146 e. The number of para-hydroxylation sites is 1. The fourth-order valence-corrected chi connectivity index (χ4v) is 5.59. The molecule has 2 aliphatic rings. The molecule has 0 spiro atoms. The summed E-state index contributed by atoms with van der Waals surface area (Å²) in [7, 11) is 0. The van der Waals surface area contributed by atoms with Gasteiger partial charge in [-0.05, 0) is 22.6 Å². The summed E-state index contributed by atoms with van der Waals surface area (Å²) < 4.78 is 25.1. The topological polar surface area (TPSA) is 54.2 Å². The number of fused-ring (bicyclic) bond motifs is 6. The van der Waals surface area contributed by atoms with Crippen molar-refractivity contribution in [2.45, 2.75) is 11.8 Å². The molecule has 2 fully saturated rings. The molecule has 0 N–H and O–H groups in total. The quantitative estimate of drug-likeness (QED) is 0.195. The molecule has 0 aliphatic carbocycles. The summed E-state index contributed by atoms with van der Waals surface area (Å²) in [6, 6.07) is 24.6. The number of rotatable bonds is 3. The molecule has 0 bridgehead atoms. The van der Waals surface area contributed by atoms with Gasteiger partial charge in [0, 0.05) is 49.2 Å². The summed E-state index contributed by atoms with van der Waals surface area (Å²) in [5, 5.41) is 3.35. The molecule has 0 amide bonds. The third-order valence-corrected chi connectivity index (χ3v) is 7.15. The van der Waals surface area contributed by atoms with Crippen molar-refractivity contribution in [1.82, 2.24) is 9.38 Å². The number of pyridine rings is 1. The Morgan fingerprint density at radius 2 is 1.39 bits per heavy atom. The SMILES string of the molecule is [Ir].[c-]1cccc2c1c1ncc(-c3c(C4COCOC4)cccc3C3COCOC3)n1c1ccccc21. The third-order valence-electron chi connectivity index (χ3n) is 7.15. The Bertz CT molecular complexity index is 1500. The molecule has 7 rings (SSSR count). The van der Waals surface area contributed by atoms with Crippen LogP contribution in [-0.4, -0.2) is 49.4 Å². The van der Waals surface area contributed by atoms with Gasteiger partial charge in [-0.3, -0.25) is 4.98 Å². The van der Waals surface area contributed by atoms with Gasteiger partial charge in [-0.15, -0.1) is 29.7 Å². The molecule has 185 valence electrons. The van der Waals surface area contributed by atoms with Crippen molar-refractivity contribution in [1.29, 1.82) is 0 Å². The maximum atomic E-state index is 5.71. The van der Waals surface area contributed by atoms with E-state index in [9.17, 15) is 0 Å². The van der Waals surface area contributed by atoms with Gasteiger partial charge < -0.3 is 23.3 Å². The Morgan fingerprint density at radius 3 is 2.08 bits per heavy atom. The fraction of sp³-hybridized carbons (Fsp3) is 0.276. The number of aromatic nitrogens is 2. The summed E-state index contributed by atoms with van der Waals surface area (Å²) in [6.07, 6.45) is 2.00. The van der Waals surface area contributed by atoms with Gasteiger partial charge in [-0.25, -0.2) is 0 Å². The van der Waals surface area contributed by atoms with Gasteiger partial charge in [0.25, 0.3) is 0 Å². The molecule has 36 heavy (non-hydrogen) atoms. The number of nitrogens with zero attached hydrogens (tertiary/aromatic N) is 2. The molecule has 3 aromatic carbocycles. The summed E-state index contributed by atoms with van der Waals surface area (Å²) in [4.78, 5) is 4.95. The van der Waals surface area contributed by atoms with Crippen LogP contribution in [0.1, 0.15) is 23.0 Å². The Kier molecular flexibility index (Phi) is 6.61. The molecule has 2 aliphatic heterocycles. The molecule has 0 atom stereocenters. The van der Waals surface area contributed by atoms with Crippen molar-refractivity contribution in [3.63, 3.8) is 0 Å². The Hall–Kier alpha value is -2.64. The molecule has 2 aromatic heterocycles. The number of benzene rings is 3. The van der Waals surface area contributed by atoms with Crippen LogP contribution in [-0.2, 0) is 39.1 Å². The second-order valence-electron chi connectivity index (χ2n) is 9.20. The second-order valence-corrected chi connectivity index (χ2v) is 9.20. The smallest absolute Gasteiger partial charge is 0.146 e. The van der Waals surface area contributed by atoms with Crippen LogP contribution >= 0.6 is 0 Å². The van der Waals surface area contributed by atoms with Crippen LogP contribution in [0.3, 0.4) is 0 Å². The van der Waals surface area contributed by atoms with Crippen LogP contribution in [0.5, 0.6) is 0 Å². The predicted octanol–water partition coefficient (Wildman–Crippen LogP) is 5.28. The molecule has 7 heteroatoms. The van der Waals surface area contributed by atoms with E-state index in [1.54, 1.807) is 0 Å². The van der Waals surface area contributed by atoms with Crippen LogP contribution in [0, 0.1) is 6.07 Å². The Labute approximate surface area is 222 Å². The fourth-order valence-electron chi connectivity index (χ4n) is 5.59. The summed E-state index contributed by atoms with van der Waals surface area (Å²) >= 11 is 0. The van der Waals surface area contributed by atoms with E-state index in [-0.39, 0.29) is 31.9 Å². The van der Waals surface area contributed by atoms with Gasteiger partial charge >= 0.3 is 0 Å². The number of ether oxygens (including phenoxy) is 4. The van der Waals surface area contributed by atoms with Crippen LogP contribution in [0.15, 0.2) is 66.9 Å². The maximum absolute atomic E-state index is 5.71. The van der Waals surface area contributed by atoms with Gasteiger partial charge in [0.15, 0.2) is 0 Å². The molecule has 0 saturated carbocycles. The minimum absolute atomic E-state index is 0. The van der Waals surface area contributed by atoms with E-state index < -0.39 is 0 Å². The third kappa shape index (κ3) is 3.88. The van der Waals surface area contributed by atoms with Crippen molar-refractivity contribution in [3.8, 4) is 11.3 Å².